The number of alkyl halides is 3. The van der Waals surface area contributed by atoms with Gasteiger partial charge in [-0.2, -0.15) is 13.2 Å². The van der Waals surface area contributed by atoms with Gasteiger partial charge in [-0.1, -0.05) is 11.6 Å². The van der Waals surface area contributed by atoms with Gasteiger partial charge in [-0.15, -0.1) is 0 Å². The molecule has 1 aliphatic carbocycles. The van der Waals surface area contributed by atoms with Crippen LogP contribution in [0.1, 0.15) is 18.5 Å². The number of aromatic nitrogens is 2. The first kappa shape index (κ1) is 20.4. The quantitative estimate of drug-likeness (QED) is 0.541. The Kier molecular flexibility index (Phi) is 4.83. The van der Waals surface area contributed by atoms with Gasteiger partial charge in [-0.05, 0) is 30.5 Å². The van der Waals surface area contributed by atoms with Crippen LogP contribution < -0.4 is 16.0 Å². The SMILES string of the molecule is Cn1c(C(F)(F)F)cc(=O)n(-c2cc(OC3(C(=O)Cl)CC3)c(Cl)cc2F)c1=O. The second-order valence-corrected chi connectivity index (χ2v) is 6.90. The van der Waals surface area contributed by atoms with Gasteiger partial charge in [0, 0.05) is 19.2 Å². The summed E-state index contributed by atoms with van der Waals surface area (Å²) in [7, 11) is 0.789. The molecule has 1 aromatic heterocycles. The molecule has 0 atom stereocenters. The third-order valence-electron chi connectivity index (χ3n) is 4.22. The molecule has 0 aliphatic heterocycles. The smallest absolute Gasteiger partial charge is 0.431 e. The zero-order valence-electron chi connectivity index (χ0n) is 13.9. The minimum Gasteiger partial charge on any atom is -0.476 e. The Morgan fingerprint density at radius 1 is 1.21 bits per heavy atom. The van der Waals surface area contributed by atoms with E-state index in [0.717, 1.165) is 13.1 Å². The maximum absolute atomic E-state index is 14.4. The monoisotopic (exact) mass is 440 g/mol. The summed E-state index contributed by atoms with van der Waals surface area (Å²) in [6.45, 7) is 0. The van der Waals surface area contributed by atoms with Gasteiger partial charge in [0.15, 0.2) is 5.60 Å². The molecule has 0 amide bonds. The highest BCUT2D eigenvalue weighted by atomic mass is 35.5. The van der Waals surface area contributed by atoms with Crippen LogP contribution >= 0.6 is 23.2 Å². The number of carbonyl (C=O) groups is 1. The van der Waals surface area contributed by atoms with Crippen LogP contribution in [0.4, 0.5) is 17.6 Å². The molecule has 150 valence electrons. The lowest BCUT2D eigenvalue weighted by Crippen LogP contribution is -2.41. The molecule has 0 spiro atoms. The first-order valence-corrected chi connectivity index (χ1v) is 8.41. The van der Waals surface area contributed by atoms with Crippen LogP contribution in [0.3, 0.4) is 0 Å². The lowest BCUT2D eigenvalue weighted by atomic mass is 10.2. The standard InChI is InChI=1S/C16H10Cl2F4N2O4/c1-23-11(16(20,21)22)6-12(25)24(14(23)27)9-5-10(7(17)4-8(9)19)28-15(2-3-15)13(18)26/h4-6H,2-3H2,1H3. The molecular weight excluding hydrogens is 431 g/mol. The molecule has 6 nitrogen and oxygen atoms in total. The summed E-state index contributed by atoms with van der Waals surface area (Å²) in [6.07, 6.45) is -4.40. The molecule has 1 aliphatic rings. The summed E-state index contributed by atoms with van der Waals surface area (Å²) in [5.41, 5.74) is -6.36. The molecule has 1 aromatic carbocycles. The van der Waals surface area contributed by atoms with E-state index in [-0.39, 0.29) is 38.8 Å². The highest BCUT2D eigenvalue weighted by Crippen LogP contribution is 2.44. The van der Waals surface area contributed by atoms with Crippen LogP contribution in [0, 0.1) is 5.82 Å². The van der Waals surface area contributed by atoms with Gasteiger partial charge in [0.2, 0.25) is 0 Å². The minimum absolute atomic E-state index is 0.167. The van der Waals surface area contributed by atoms with Gasteiger partial charge in [-0.3, -0.25) is 14.2 Å². The van der Waals surface area contributed by atoms with Gasteiger partial charge in [-0.25, -0.2) is 13.8 Å². The number of carbonyl (C=O) groups excluding carboxylic acids is 1. The molecule has 0 bridgehead atoms. The van der Waals surface area contributed by atoms with Crippen molar-refractivity contribution in [2.24, 2.45) is 7.05 Å². The molecule has 1 fully saturated rings. The highest BCUT2D eigenvalue weighted by Gasteiger charge is 2.52. The Hall–Kier alpha value is -2.33. The van der Waals surface area contributed by atoms with Gasteiger partial charge < -0.3 is 4.74 Å². The molecule has 1 heterocycles. The first-order valence-electron chi connectivity index (χ1n) is 7.66. The summed E-state index contributed by atoms with van der Waals surface area (Å²) in [4.78, 5) is 35.9. The van der Waals surface area contributed by atoms with Gasteiger partial charge in [0.1, 0.15) is 17.3 Å². The number of hydrogen-bond donors (Lipinski definition) is 0. The summed E-state index contributed by atoms with van der Waals surface area (Å²) in [6, 6.07) is 1.73. The van der Waals surface area contributed by atoms with Crippen LogP contribution in [0.2, 0.25) is 5.02 Å². The predicted molar refractivity (Wildman–Crippen MR) is 90.7 cm³/mol. The third kappa shape index (κ3) is 3.42. The van der Waals surface area contributed by atoms with Crippen molar-refractivity contribution in [3.63, 3.8) is 0 Å². The maximum atomic E-state index is 14.4. The zero-order valence-corrected chi connectivity index (χ0v) is 15.5. The van der Waals surface area contributed by atoms with E-state index in [2.05, 4.69) is 0 Å². The van der Waals surface area contributed by atoms with E-state index in [9.17, 15) is 31.9 Å². The third-order valence-corrected chi connectivity index (χ3v) is 4.86. The average Bonchev–Trinajstić information content (AvgIpc) is 3.35. The van der Waals surface area contributed by atoms with Crippen molar-refractivity contribution < 1.29 is 27.1 Å². The molecule has 0 radical (unpaired) electrons. The van der Waals surface area contributed by atoms with E-state index in [1.807, 2.05) is 0 Å². The number of hydrogen-bond acceptors (Lipinski definition) is 4. The van der Waals surface area contributed by atoms with Crippen molar-refractivity contribution >= 4 is 28.4 Å². The predicted octanol–water partition coefficient (Wildman–Crippen LogP) is 3.02. The Balaban J connectivity index is 2.19. The van der Waals surface area contributed by atoms with Crippen LogP contribution in [-0.4, -0.2) is 20.0 Å². The van der Waals surface area contributed by atoms with Crippen molar-refractivity contribution in [1.82, 2.24) is 9.13 Å². The molecule has 1 saturated carbocycles. The van der Waals surface area contributed by atoms with E-state index in [0.29, 0.717) is 6.07 Å². The maximum Gasteiger partial charge on any atom is 0.431 e. The van der Waals surface area contributed by atoms with E-state index in [1.54, 1.807) is 0 Å². The Morgan fingerprint density at radius 3 is 2.32 bits per heavy atom. The molecule has 28 heavy (non-hydrogen) atoms. The van der Waals surface area contributed by atoms with E-state index in [4.69, 9.17) is 27.9 Å². The second kappa shape index (κ2) is 6.63. The second-order valence-electron chi connectivity index (χ2n) is 6.15. The number of ether oxygens (including phenoxy) is 1. The van der Waals surface area contributed by atoms with Crippen LogP contribution in [0.25, 0.3) is 5.69 Å². The summed E-state index contributed by atoms with van der Waals surface area (Å²) < 4.78 is 59.0. The summed E-state index contributed by atoms with van der Waals surface area (Å²) in [5, 5.41) is -1.08. The molecular formula is C16H10Cl2F4N2O4. The number of benzene rings is 1. The molecule has 2 aromatic rings. The van der Waals surface area contributed by atoms with Crippen molar-refractivity contribution in [3.05, 3.63) is 55.6 Å². The Labute approximate surface area is 163 Å². The van der Waals surface area contributed by atoms with Crippen molar-refractivity contribution in [2.45, 2.75) is 24.6 Å². The van der Waals surface area contributed by atoms with Crippen molar-refractivity contribution in [1.29, 1.82) is 0 Å². The molecule has 0 N–H and O–H groups in total. The summed E-state index contributed by atoms with van der Waals surface area (Å²) >= 11 is 11.3. The first-order chi connectivity index (χ1) is 12.9. The lowest BCUT2D eigenvalue weighted by molar-refractivity contribution is -0.144. The van der Waals surface area contributed by atoms with Crippen molar-refractivity contribution in [2.75, 3.05) is 0 Å². The molecule has 0 unspecified atom stereocenters. The number of halogens is 6. The van der Waals surface area contributed by atoms with Crippen LogP contribution in [-0.2, 0) is 18.0 Å². The normalized spacial score (nSPS) is 15.4. The Bertz CT molecular complexity index is 1100. The van der Waals surface area contributed by atoms with Crippen LogP contribution in [0.5, 0.6) is 5.75 Å². The fourth-order valence-corrected chi connectivity index (χ4v) is 2.97. The minimum atomic E-state index is -4.96. The topological polar surface area (TPSA) is 70.3 Å². The fourth-order valence-electron chi connectivity index (χ4n) is 2.55. The zero-order chi connectivity index (χ0) is 21.0. The van der Waals surface area contributed by atoms with E-state index < -0.39 is 45.5 Å². The van der Waals surface area contributed by atoms with Gasteiger partial charge >= 0.3 is 11.9 Å². The fraction of sp³-hybridized carbons (Fsp3) is 0.312. The van der Waals surface area contributed by atoms with Crippen molar-refractivity contribution in [3.8, 4) is 11.4 Å². The molecule has 0 saturated heterocycles. The lowest BCUT2D eigenvalue weighted by Gasteiger charge is -2.18. The highest BCUT2D eigenvalue weighted by molar-refractivity contribution is 6.66. The van der Waals surface area contributed by atoms with E-state index in [1.165, 1.54) is 0 Å². The Morgan fingerprint density at radius 2 is 1.82 bits per heavy atom. The summed E-state index contributed by atoms with van der Waals surface area (Å²) in [5.74, 6) is -1.41. The van der Waals surface area contributed by atoms with Gasteiger partial charge in [0.25, 0.3) is 10.8 Å². The average molecular weight is 441 g/mol. The van der Waals surface area contributed by atoms with E-state index >= 15 is 0 Å². The number of rotatable bonds is 4. The molecule has 12 heteroatoms. The largest absolute Gasteiger partial charge is 0.476 e. The number of nitrogens with zero attached hydrogens (tertiary/aromatic N) is 2. The van der Waals surface area contributed by atoms with Gasteiger partial charge in [0.05, 0.1) is 10.7 Å². The van der Waals surface area contributed by atoms with Crippen LogP contribution in [0.15, 0.2) is 27.8 Å². The molecule has 3 rings (SSSR count).